The molecule has 0 spiro atoms. The number of fused-ring (bicyclic) bond motifs is 3. The number of nitrogens with one attached hydrogen (secondary N) is 2. The number of amidine groups is 2. The highest BCUT2D eigenvalue weighted by atomic mass is 32.2. The summed E-state index contributed by atoms with van der Waals surface area (Å²) in [4.78, 5) is 50.6. The second-order valence-electron chi connectivity index (χ2n) is 9.62. The van der Waals surface area contributed by atoms with Crippen molar-refractivity contribution in [3.05, 3.63) is 83.9 Å². The van der Waals surface area contributed by atoms with E-state index in [0.717, 1.165) is 11.3 Å². The van der Waals surface area contributed by atoms with Crippen LogP contribution in [-0.4, -0.2) is 59.1 Å². The third kappa shape index (κ3) is 6.31. The molecule has 42 heavy (non-hydrogen) atoms. The van der Waals surface area contributed by atoms with Gasteiger partial charge in [0.2, 0.25) is 11.8 Å². The smallest absolute Gasteiger partial charge is 0.259 e. The molecule has 0 unspecified atom stereocenters. The van der Waals surface area contributed by atoms with Crippen LogP contribution in [0.3, 0.4) is 0 Å². The van der Waals surface area contributed by atoms with E-state index in [-0.39, 0.29) is 24.1 Å². The van der Waals surface area contributed by atoms with Crippen molar-refractivity contribution in [2.75, 3.05) is 19.5 Å². The molecule has 2 N–H and O–H groups in total. The van der Waals surface area contributed by atoms with Gasteiger partial charge >= 0.3 is 0 Å². The Morgan fingerprint density at radius 3 is 2.50 bits per heavy atom. The van der Waals surface area contributed by atoms with Crippen LogP contribution in [0.15, 0.2) is 82.8 Å². The molecule has 10 nitrogen and oxygen atoms in total. The van der Waals surface area contributed by atoms with Crippen molar-refractivity contribution in [1.29, 1.82) is 0 Å². The number of amides is 3. The lowest BCUT2D eigenvalue weighted by Crippen LogP contribution is -2.43. The highest BCUT2D eigenvalue weighted by molar-refractivity contribution is 8.15. The molecular weight excluding hydrogens is 554 g/mol. The molecule has 0 aliphatic carbocycles. The number of hydrogen-bond acceptors (Lipinski definition) is 8. The summed E-state index contributed by atoms with van der Waals surface area (Å²) in [7, 11) is 3.16. The summed E-state index contributed by atoms with van der Waals surface area (Å²) in [5.74, 6) is 0.920. The zero-order chi connectivity index (χ0) is 29.6. The number of para-hydroxylation sites is 1. The van der Waals surface area contributed by atoms with Gasteiger partial charge in [-0.05, 0) is 48.4 Å². The van der Waals surface area contributed by atoms with Gasteiger partial charge in [0.05, 0.1) is 31.6 Å². The number of nitrogens with zero attached hydrogens (tertiary/aromatic N) is 3. The maximum atomic E-state index is 13.7. The Balaban J connectivity index is 1.31. The first-order chi connectivity index (χ1) is 20.4. The summed E-state index contributed by atoms with van der Waals surface area (Å²) >= 11 is 1.20. The lowest BCUT2D eigenvalue weighted by atomic mass is 10.1. The summed E-state index contributed by atoms with van der Waals surface area (Å²) in [6.07, 6.45) is 0.384. The fourth-order valence-electron chi connectivity index (χ4n) is 4.58. The average Bonchev–Trinajstić information content (AvgIpc) is 3.34. The van der Waals surface area contributed by atoms with E-state index in [1.807, 2.05) is 55.5 Å². The number of carbonyl (C=O) groups is 3. The molecular formula is C31H31N5O5S. The van der Waals surface area contributed by atoms with Crippen LogP contribution in [-0.2, 0) is 20.9 Å². The van der Waals surface area contributed by atoms with Crippen LogP contribution in [0.1, 0.15) is 30.9 Å². The van der Waals surface area contributed by atoms with Crippen LogP contribution in [0.25, 0.3) is 0 Å². The maximum absolute atomic E-state index is 13.7. The van der Waals surface area contributed by atoms with Crippen LogP contribution in [0.4, 0.5) is 11.4 Å². The van der Waals surface area contributed by atoms with Crippen molar-refractivity contribution in [1.82, 2.24) is 10.2 Å². The highest BCUT2D eigenvalue weighted by Crippen LogP contribution is 2.36. The quantitative estimate of drug-likeness (QED) is 0.361. The first kappa shape index (κ1) is 28.9. The predicted octanol–water partition coefficient (Wildman–Crippen LogP) is 4.52. The third-order valence-corrected chi connectivity index (χ3v) is 8.14. The largest absolute Gasteiger partial charge is 0.497 e. The van der Waals surface area contributed by atoms with Gasteiger partial charge in [0.25, 0.3) is 5.91 Å². The Hall–Kier alpha value is -4.64. The van der Waals surface area contributed by atoms with Gasteiger partial charge in [-0.15, -0.1) is 0 Å². The van der Waals surface area contributed by atoms with E-state index in [2.05, 4.69) is 15.6 Å². The molecule has 0 fully saturated rings. The number of methoxy groups -OCH3 is 2. The number of rotatable bonds is 10. The van der Waals surface area contributed by atoms with Gasteiger partial charge in [0.15, 0.2) is 5.17 Å². The lowest BCUT2D eigenvalue weighted by molar-refractivity contribution is -0.128. The molecule has 0 bridgehead atoms. The molecule has 2 heterocycles. The Labute approximate surface area is 248 Å². The van der Waals surface area contributed by atoms with Crippen molar-refractivity contribution in [3.8, 4) is 11.5 Å². The van der Waals surface area contributed by atoms with Crippen LogP contribution < -0.4 is 20.1 Å². The molecule has 0 saturated carbocycles. The monoisotopic (exact) mass is 585 g/mol. The van der Waals surface area contributed by atoms with Gasteiger partial charge in [-0.3, -0.25) is 19.4 Å². The highest BCUT2D eigenvalue weighted by Gasteiger charge is 2.43. The number of ether oxygens (including phenoxy) is 2. The lowest BCUT2D eigenvalue weighted by Gasteiger charge is -2.27. The second-order valence-corrected chi connectivity index (χ2v) is 10.8. The first-order valence-electron chi connectivity index (χ1n) is 13.5. The van der Waals surface area contributed by atoms with Crippen molar-refractivity contribution in [3.63, 3.8) is 0 Å². The van der Waals surface area contributed by atoms with Gasteiger partial charge < -0.3 is 20.1 Å². The predicted molar refractivity (Wildman–Crippen MR) is 163 cm³/mol. The number of anilines is 1. The minimum atomic E-state index is -0.904. The minimum Gasteiger partial charge on any atom is -0.497 e. The molecule has 3 amide bonds. The fourth-order valence-corrected chi connectivity index (χ4v) is 5.60. The molecule has 5 rings (SSSR count). The second kappa shape index (κ2) is 12.9. The summed E-state index contributed by atoms with van der Waals surface area (Å²) in [5.41, 5.74) is 2.86. The van der Waals surface area contributed by atoms with Crippen molar-refractivity contribution >= 4 is 51.9 Å². The van der Waals surface area contributed by atoms with Crippen molar-refractivity contribution < 1.29 is 23.9 Å². The van der Waals surface area contributed by atoms with E-state index in [4.69, 9.17) is 14.5 Å². The van der Waals surface area contributed by atoms with Crippen molar-refractivity contribution in [2.24, 2.45) is 9.98 Å². The van der Waals surface area contributed by atoms with E-state index < -0.39 is 11.3 Å². The Morgan fingerprint density at radius 1 is 1.00 bits per heavy atom. The van der Waals surface area contributed by atoms with Gasteiger partial charge in [0, 0.05) is 23.9 Å². The SMILES string of the molecule is CC[C@H](SC1=Nc2ccccc2C2=N[C@@H](CC(=O)NCc3ccc(OC)cc3)C(=O)N12)C(=O)Nc1cccc(OC)c1. The summed E-state index contributed by atoms with van der Waals surface area (Å²) in [6, 6.07) is 21.0. The zero-order valence-corrected chi connectivity index (χ0v) is 24.3. The normalized spacial score (nSPS) is 16.0. The molecule has 216 valence electrons. The van der Waals surface area contributed by atoms with Crippen LogP contribution in [0.2, 0.25) is 0 Å². The molecule has 11 heteroatoms. The van der Waals surface area contributed by atoms with E-state index >= 15 is 0 Å². The van der Waals surface area contributed by atoms with E-state index in [0.29, 0.717) is 46.7 Å². The van der Waals surface area contributed by atoms with Crippen LogP contribution in [0, 0.1) is 0 Å². The first-order valence-corrected chi connectivity index (χ1v) is 14.4. The molecule has 2 aliphatic rings. The van der Waals surface area contributed by atoms with Crippen LogP contribution >= 0.6 is 11.8 Å². The minimum absolute atomic E-state index is 0.108. The molecule has 0 radical (unpaired) electrons. The molecule has 0 aromatic heterocycles. The number of benzene rings is 3. The maximum Gasteiger partial charge on any atom is 0.259 e. The van der Waals surface area contributed by atoms with Crippen molar-refractivity contribution in [2.45, 2.75) is 37.6 Å². The average molecular weight is 586 g/mol. The molecule has 2 aliphatic heterocycles. The third-order valence-electron chi connectivity index (χ3n) is 6.82. The Bertz CT molecular complexity index is 1560. The fraction of sp³-hybridized carbons (Fsp3) is 0.258. The molecule has 3 aromatic rings. The topological polar surface area (TPSA) is 122 Å². The van der Waals surface area contributed by atoms with Gasteiger partial charge in [-0.2, -0.15) is 0 Å². The van der Waals surface area contributed by atoms with Gasteiger partial charge in [-0.1, -0.05) is 49.0 Å². The number of aliphatic imine (C=N–C) groups is 2. The number of hydrogen-bond donors (Lipinski definition) is 2. The Kier molecular flexibility index (Phi) is 8.87. The molecule has 3 aromatic carbocycles. The standard InChI is InChI=1S/C31H31N5O5S/c1-4-26(29(38)33-20-8-7-9-22(16-20)41-3)42-31-35-24-11-6-5-10-23(24)28-34-25(30(39)36(28)31)17-27(37)32-18-19-12-14-21(40-2)15-13-19/h5-16,25-26H,4,17-18H2,1-3H3,(H,32,37)(H,33,38)/t25-,26-/m0/s1. The summed E-state index contributed by atoms with van der Waals surface area (Å²) in [5, 5.41) is 5.61. The van der Waals surface area contributed by atoms with Crippen LogP contribution in [0.5, 0.6) is 11.5 Å². The van der Waals surface area contributed by atoms with Gasteiger partial charge in [0.1, 0.15) is 23.4 Å². The number of thioether (sulfide) groups is 1. The summed E-state index contributed by atoms with van der Waals surface area (Å²) in [6.45, 7) is 2.22. The van der Waals surface area contributed by atoms with Gasteiger partial charge in [-0.25, -0.2) is 9.89 Å². The number of carbonyl (C=O) groups excluding carboxylic acids is 3. The molecule has 0 saturated heterocycles. The van der Waals surface area contributed by atoms with E-state index in [1.165, 1.54) is 16.7 Å². The van der Waals surface area contributed by atoms with E-state index in [1.54, 1.807) is 38.5 Å². The molecule has 2 atom stereocenters. The zero-order valence-electron chi connectivity index (χ0n) is 23.5. The van der Waals surface area contributed by atoms with E-state index in [9.17, 15) is 14.4 Å². The Morgan fingerprint density at radius 2 is 1.76 bits per heavy atom. The summed E-state index contributed by atoms with van der Waals surface area (Å²) < 4.78 is 10.4.